The van der Waals surface area contributed by atoms with Gasteiger partial charge in [-0.05, 0) is 57.5 Å². The zero-order chi connectivity index (χ0) is 14.8. The molecule has 0 bridgehead atoms. The summed E-state index contributed by atoms with van der Waals surface area (Å²) < 4.78 is 26.3. The van der Waals surface area contributed by atoms with Crippen molar-refractivity contribution >= 4 is 5.91 Å². The molecule has 0 atom stereocenters. The van der Waals surface area contributed by atoms with Gasteiger partial charge in [-0.3, -0.25) is 4.79 Å². The Bertz CT molecular complexity index is 497. The average molecular weight is 282 g/mol. The topological polar surface area (TPSA) is 41.1 Å². The normalized spacial score (nSPS) is 17.0. The Morgan fingerprint density at radius 2 is 1.90 bits per heavy atom. The van der Waals surface area contributed by atoms with Gasteiger partial charge >= 0.3 is 0 Å². The summed E-state index contributed by atoms with van der Waals surface area (Å²) in [5.74, 6) is -1.82. The summed E-state index contributed by atoms with van der Waals surface area (Å²) in [4.78, 5) is 12.2. The number of halogens is 2. The van der Waals surface area contributed by atoms with Crippen LogP contribution in [0.15, 0.2) is 18.2 Å². The first-order valence-corrected chi connectivity index (χ1v) is 6.88. The van der Waals surface area contributed by atoms with E-state index in [1.54, 1.807) is 13.8 Å². The lowest BCUT2D eigenvalue weighted by molar-refractivity contribution is -0.127. The van der Waals surface area contributed by atoms with Gasteiger partial charge in [0.25, 0.3) is 0 Å². The van der Waals surface area contributed by atoms with Gasteiger partial charge in [0.2, 0.25) is 5.91 Å². The number of rotatable bonds is 3. The first-order chi connectivity index (χ1) is 9.40. The third kappa shape index (κ3) is 3.33. The molecule has 1 aliphatic rings. The Balaban J connectivity index is 2.09. The standard InChI is InChI=1S/C15H20F2N2O/c1-15(2,11-3-4-12(16)13(17)9-11)19-14(20)10-5-7-18-8-6-10/h3-4,9-10,18H,5-8H2,1-2H3,(H,19,20). The van der Waals surface area contributed by atoms with Crippen molar-refractivity contribution in [2.45, 2.75) is 32.2 Å². The molecule has 0 saturated carbocycles. The minimum absolute atomic E-state index is 0.0131. The molecule has 20 heavy (non-hydrogen) atoms. The lowest BCUT2D eigenvalue weighted by Crippen LogP contribution is -2.46. The number of hydrogen-bond acceptors (Lipinski definition) is 2. The van der Waals surface area contributed by atoms with E-state index >= 15 is 0 Å². The van der Waals surface area contributed by atoms with Crippen LogP contribution in [0.3, 0.4) is 0 Å². The number of benzene rings is 1. The van der Waals surface area contributed by atoms with Gasteiger partial charge in [-0.15, -0.1) is 0 Å². The van der Waals surface area contributed by atoms with Crippen molar-refractivity contribution < 1.29 is 13.6 Å². The van der Waals surface area contributed by atoms with Crippen molar-refractivity contribution in [2.75, 3.05) is 13.1 Å². The molecular weight excluding hydrogens is 262 g/mol. The van der Waals surface area contributed by atoms with E-state index in [9.17, 15) is 13.6 Å². The molecule has 0 aromatic heterocycles. The van der Waals surface area contributed by atoms with Crippen molar-refractivity contribution in [1.82, 2.24) is 10.6 Å². The predicted molar refractivity (Wildman–Crippen MR) is 73.1 cm³/mol. The summed E-state index contributed by atoms with van der Waals surface area (Å²) in [5, 5.41) is 6.14. The second kappa shape index (κ2) is 5.87. The molecule has 2 rings (SSSR count). The van der Waals surface area contributed by atoms with Crippen LogP contribution in [0.4, 0.5) is 8.78 Å². The van der Waals surface area contributed by atoms with Gasteiger partial charge in [-0.2, -0.15) is 0 Å². The van der Waals surface area contributed by atoms with E-state index in [2.05, 4.69) is 10.6 Å². The van der Waals surface area contributed by atoms with Gasteiger partial charge < -0.3 is 10.6 Å². The Hall–Kier alpha value is -1.49. The smallest absolute Gasteiger partial charge is 0.223 e. The predicted octanol–water partition coefficient (Wildman–Crippen LogP) is 2.32. The molecule has 1 aromatic rings. The largest absolute Gasteiger partial charge is 0.347 e. The van der Waals surface area contributed by atoms with Crippen LogP contribution in [0.2, 0.25) is 0 Å². The van der Waals surface area contributed by atoms with Crippen LogP contribution in [0, 0.1) is 17.6 Å². The number of carbonyl (C=O) groups excluding carboxylic acids is 1. The van der Waals surface area contributed by atoms with E-state index in [0.29, 0.717) is 5.56 Å². The van der Waals surface area contributed by atoms with E-state index in [0.717, 1.165) is 38.1 Å². The third-order valence-corrected chi connectivity index (χ3v) is 3.79. The highest BCUT2D eigenvalue weighted by Gasteiger charge is 2.28. The van der Waals surface area contributed by atoms with Gasteiger partial charge in [0.05, 0.1) is 5.54 Å². The molecule has 0 unspecified atom stereocenters. The van der Waals surface area contributed by atoms with Crippen LogP contribution in [0.5, 0.6) is 0 Å². The zero-order valence-corrected chi connectivity index (χ0v) is 11.8. The van der Waals surface area contributed by atoms with Crippen LogP contribution >= 0.6 is 0 Å². The maximum atomic E-state index is 13.3. The third-order valence-electron chi connectivity index (χ3n) is 3.79. The first-order valence-electron chi connectivity index (χ1n) is 6.88. The minimum Gasteiger partial charge on any atom is -0.347 e. The second-order valence-corrected chi connectivity index (χ2v) is 5.77. The minimum atomic E-state index is -0.897. The van der Waals surface area contributed by atoms with E-state index in [-0.39, 0.29) is 11.8 Å². The molecule has 0 aliphatic carbocycles. The Morgan fingerprint density at radius 3 is 2.50 bits per heavy atom. The maximum Gasteiger partial charge on any atom is 0.223 e. The van der Waals surface area contributed by atoms with E-state index in [1.165, 1.54) is 6.07 Å². The number of piperidine rings is 1. The number of hydrogen-bond donors (Lipinski definition) is 2. The summed E-state index contributed by atoms with van der Waals surface area (Å²) >= 11 is 0. The Morgan fingerprint density at radius 1 is 1.25 bits per heavy atom. The summed E-state index contributed by atoms with van der Waals surface area (Å²) in [6, 6.07) is 3.72. The van der Waals surface area contributed by atoms with Crippen molar-refractivity contribution in [1.29, 1.82) is 0 Å². The highest BCUT2D eigenvalue weighted by molar-refractivity contribution is 5.79. The van der Waals surface area contributed by atoms with Crippen LogP contribution < -0.4 is 10.6 Å². The lowest BCUT2D eigenvalue weighted by atomic mass is 9.91. The van der Waals surface area contributed by atoms with Gasteiger partial charge in [0, 0.05) is 5.92 Å². The molecule has 1 aliphatic heterocycles. The molecule has 0 spiro atoms. The fourth-order valence-corrected chi connectivity index (χ4v) is 2.45. The van der Waals surface area contributed by atoms with Crippen molar-refractivity contribution in [3.63, 3.8) is 0 Å². The molecule has 2 N–H and O–H groups in total. The monoisotopic (exact) mass is 282 g/mol. The first kappa shape index (κ1) is 14.9. The Labute approximate surface area is 117 Å². The second-order valence-electron chi connectivity index (χ2n) is 5.77. The van der Waals surface area contributed by atoms with Gasteiger partial charge in [0.15, 0.2) is 11.6 Å². The molecule has 1 amide bonds. The molecule has 1 fully saturated rings. The summed E-state index contributed by atoms with van der Waals surface area (Å²) in [5.41, 5.74) is -0.171. The van der Waals surface area contributed by atoms with Crippen molar-refractivity contribution in [3.8, 4) is 0 Å². The van der Waals surface area contributed by atoms with Crippen LogP contribution in [-0.4, -0.2) is 19.0 Å². The zero-order valence-electron chi connectivity index (χ0n) is 11.8. The number of nitrogens with one attached hydrogen (secondary N) is 2. The molecule has 1 aromatic carbocycles. The summed E-state index contributed by atoms with van der Waals surface area (Å²) in [7, 11) is 0. The molecular formula is C15H20F2N2O. The number of carbonyl (C=O) groups is 1. The average Bonchev–Trinajstić information content (AvgIpc) is 2.42. The molecule has 110 valence electrons. The van der Waals surface area contributed by atoms with E-state index in [4.69, 9.17) is 0 Å². The lowest BCUT2D eigenvalue weighted by Gasteiger charge is -2.30. The molecule has 3 nitrogen and oxygen atoms in total. The number of amides is 1. The van der Waals surface area contributed by atoms with E-state index < -0.39 is 17.2 Å². The van der Waals surface area contributed by atoms with Gasteiger partial charge in [0.1, 0.15) is 0 Å². The summed E-state index contributed by atoms with van der Waals surface area (Å²) in [6.07, 6.45) is 1.61. The Kier molecular flexibility index (Phi) is 4.38. The van der Waals surface area contributed by atoms with Crippen LogP contribution in [-0.2, 0) is 10.3 Å². The molecule has 0 radical (unpaired) electrons. The van der Waals surface area contributed by atoms with Gasteiger partial charge in [-0.25, -0.2) is 8.78 Å². The fourth-order valence-electron chi connectivity index (χ4n) is 2.45. The summed E-state index contributed by atoms with van der Waals surface area (Å²) in [6.45, 7) is 5.25. The van der Waals surface area contributed by atoms with Crippen molar-refractivity contribution in [2.24, 2.45) is 5.92 Å². The molecule has 1 saturated heterocycles. The highest BCUT2D eigenvalue weighted by Crippen LogP contribution is 2.23. The van der Waals surface area contributed by atoms with Crippen LogP contribution in [0.1, 0.15) is 32.3 Å². The quantitative estimate of drug-likeness (QED) is 0.893. The van der Waals surface area contributed by atoms with Crippen LogP contribution in [0.25, 0.3) is 0 Å². The fraction of sp³-hybridized carbons (Fsp3) is 0.533. The highest BCUT2D eigenvalue weighted by atomic mass is 19.2. The van der Waals surface area contributed by atoms with Crippen molar-refractivity contribution in [3.05, 3.63) is 35.4 Å². The maximum absolute atomic E-state index is 13.3. The van der Waals surface area contributed by atoms with E-state index in [1.807, 2.05) is 0 Å². The molecule has 5 heteroatoms. The SMILES string of the molecule is CC(C)(NC(=O)C1CCNCC1)c1ccc(F)c(F)c1. The molecule has 1 heterocycles. The van der Waals surface area contributed by atoms with Gasteiger partial charge in [-0.1, -0.05) is 6.07 Å².